The maximum atomic E-state index is 11.3. The zero-order valence-corrected chi connectivity index (χ0v) is 15.7. The molecule has 0 bridgehead atoms. The van der Waals surface area contributed by atoms with Crippen molar-refractivity contribution in [2.24, 2.45) is 17.6 Å². The zero-order chi connectivity index (χ0) is 18.5. The lowest BCUT2D eigenvalue weighted by Crippen LogP contribution is -2.55. The third-order valence-electron chi connectivity index (χ3n) is 6.16. The number of carbonyl (C=O) groups is 1. The van der Waals surface area contributed by atoms with E-state index in [2.05, 4.69) is 24.8 Å². The van der Waals surface area contributed by atoms with Crippen LogP contribution < -0.4 is 15.2 Å². The summed E-state index contributed by atoms with van der Waals surface area (Å²) in [7, 11) is 1.67. The number of ether oxygens (including phenoxy) is 3. The van der Waals surface area contributed by atoms with Crippen LogP contribution >= 0.6 is 0 Å². The molecule has 1 aromatic rings. The number of amides is 1. The highest BCUT2D eigenvalue weighted by Crippen LogP contribution is 2.53. The highest BCUT2D eigenvalue weighted by Gasteiger charge is 2.51. The number of nitrogens with zero attached hydrogens (tertiary/aromatic N) is 1. The van der Waals surface area contributed by atoms with Crippen LogP contribution in [-0.4, -0.2) is 49.3 Å². The van der Waals surface area contributed by atoms with Crippen LogP contribution in [0, 0.1) is 11.8 Å². The van der Waals surface area contributed by atoms with Crippen molar-refractivity contribution in [3.05, 3.63) is 23.8 Å². The Labute approximate surface area is 154 Å². The summed E-state index contributed by atoms with van der Waals surface area (Å²) in [5.74, 6) is 2.08. The molecule has 0 spiro atoms. The van der Waals surface area contributed by atoms with Crippen molar-refractivity contribution in [1.82, 2.24) is 4.90 Å². The second-order valence-corrected chi connectivity index (χ2v) is 8.30. The number of hydrogen-bond donors (Lipinski definition) is 1. The minimum Gasteiger partial charge on any atom is -0.497 e. The molecule has 26 heavy (non-hydrogen) atoms. The van der Waals surface area contributed by atoms with Gasteiger partial charge in [0, 0.05) is 30.6 Å². The number of fused-ring (bicyclic) bond motifs is 4. The van der Waals surface area contributed by atoms with Gasteiger partial charge < -0.3 is 19.9 Å². The number of nitrogens with two attached hydrogens (primary N) is 1. The molecule has 6 heteroatoms. The molecule has 6 nitrogen and oxygen atoms in total. The van der Waals surface area contributed by atoms with Crippen molar-refractivity contribution in [3.63, 3.8) is 0 Å². The fraction of sp³-hybridized carbons (Fsp3) is 0.650. The van der Waals surface area contributed by atoms with Gasteiger partial charge in [-0.1, -0.05) is 0 Å². The largest absolute Gasteiger partial charge is 0.497 e. The number of benzene rings is 1. The van der Waals surface area contributed by atoms with Crippen LogP contribution in [0.4, 0.5) is 0 Å². The van der Waals surface area contributed by atoms with E-state index in [1.54, 1.807) is 7.11 Å². The molecule has 1 aromatic carbocycles. The van der Waals surface area contributed by atoms with E-state index in [0.29, 0.717) is 12.5 Å². The van der Waals surface area contributed by atoms with E-state index in [1.165, 1.54) is 0 Å². The van der Waals surface area contributed by atoms with Gasteiger partial charge >= 0.3 is 0 Å². The SMILES string of the molecule is COc1ccc2c(c1)OC(C)(C)[C@@H]1C[C@H]3CN(CC(N)=O)CC[C@H]3O[C@@H]21. The standard InChI is InChI=1S/C20H28N2O4/c1-20(2)15-8-12-10-22(11-18(21)23)7-6-16(12)25-19(15)14-5-4-13(24-3)9-17(14)26-20/h4-5,9,12,15-16,19H,6-8,10-11H2,1-3H3,(H2,21,23)/t12-,15+,16+,19-/m0/s1. The van der Waals surface area contributed by atoms with E-state index in [9.17, 15) is 4.79 Å². The van der Waals surface area contributed by atoms with E-state index >= 15 is 0 Å². The maximum absolute atomic E-state index is 11.3. The quantitative estimate of drug-likeness (QED) is 0.894. The fourth-order valence-electron chi connectivity index (χ4n) is 4.85. The monoisotopic (exact) mass is 360 g/mol. The highest BCUT2D eigenvalue weighted by atomic mass is 16.5. The molecule has 2 N–H and O–H groups in total. The number of methoxy groups -OCH3 is 1. The molecule has 3 aliphatic heterocycles. The average molecular weight is 360 g/mol. The lowest BCUT2D eigenvalue weighted by atomic mass is 9.70. The van der Waals surface area contributed by atoms with Gasteiger partial charge in [-0.05, 0) is 44.7 Å². The van der Waals surface area contributed by atoms with Crippen molar-refractivity contribution >= 4 is 5.91 Å². The Morgan fingerprint density at radius 1 is 1.42 bits per heavy atom. The second kappa shape index (κ2) is 6.43. The summed E-state index contributed by atoms with van der Waals surface area (Å²) in [4.78, 5) is 13.4. The third-order valence-corrected chi connectivity index (χ3v) is 6.16. The summed E-state index contributed by atoms with van der Waals surface area (Å²) in [6.45, 7) is 6.33. The Bertz CT molecular complexity index is 705. The smallest absolute Gasteiger partial charge is 0.231 e. The molecule has 0 aromatic heterocycles. The fourth-order valence-corrected chi connectivity index (χ4v) is 4.85. The Kier molecular flexibility index (Phi) is 4.35. The highest BCUT2D eigenvalue weighted by molar-refractivity contribution is 5.75. The van der Waals surface area contributed by atoms with Gasteiger partial charge in [-0.2, -0.15) is 0 Å². The lowest BCUT2D eigenvalue weighted by molar-refractivity contribution is -0.187. The van der Waals surface area contributed by atoms with E-state index in [4.69, 9.17) is 19.9 Å². The summed E-state index contributed by atoms with van der Waals surface area (Å²) in [5, 5.41) is 0. The van der Waals surface area contributed by atoms with Crippen LogP contribution in [0.5, 0.6) is 11.5 Å². The van der Waals surface area contributed by atoms with E-state index in [-0.39, 0.29) is 29.6 Å². The number of likely N-dealkylation sites (tertiary alicyclic amines) is 1. The predicted molar refractivity (Wildman–Crippen MR) is 97.2 cm³/mol. The van der Waals surface area contributed by atoms with Crippen molar-refractivity contribution in [2.75, 3.05) is 26.7 Å². The third kappa shape index (κ3) is 3.05. The van der Waals surface area contributed by atoms with Gasteiger partial charge in [-0.3, -0.25) is 9.69 Å². The number of hydrogen-bond acceptors (Lipinski definition) is 5. The second-order valence-electron chi connectivity index (χ2n) is 8.30. The molecule has 4 atom stereocenters. The van der Waals surface area contributed by atoms with Crippen molar-refractivity contribution in [3.8, 4) is 11.5 Å². The van der Waals surface area contributed by atoms with Crippen LogP contribution in [0.25, 0.3) is 0 Å². The molecule has 2 fully saturated rings. The normalized spacial score (nSPS) is 32.6. The van der Waals surface area contributed by atoms with Crippen LogP contribution in [0.2, 0.25) is 0 Å². The summed E-state index contributed by atoms with van der Waals surface area (Å²) in [6, 6.07) is 6.00. The van der Waals surface area contributed by atoms with Gasteiger partial charge in [-0.25, -0.2) is 0 Å². The number of carbonyl (C=O) groups excluding carboxylic acids is 1. The molecule has 2 saturated heterocycles. The van der Waals surface area contributed by atoms with E-state index in [0.717, 1.165) is 43.0 Å². The number of primary amides is 1. The number of rotatable bonds is 3. The molecule has 142 valence electrons. The first-order chi connectivity index (χ1) is 12.4. The van der Waals surface area contributed by atoms with E-state index in [1.807, 2.05) is 12.1 Å². The topological polar surface area (TPSA) is 74.0 Å². The van der Waals surface area contributed by atoms with Crippen molar-refractivity contribution in [1.29, 1.82) is 0 Å². The first-order valence-corrected chi connectivity index (χ1v) is 9.40. The molecule has 3 heterocycles. The lowest BCUT2D eigenvalue weighted by Gasteiger charge is -2.53. The predicted octanol–water partition coefficient (Wildman–Crippen LogP) is 2.12. The maximum Gasteiger partial charge on any atom is 0.231 e. The van der Waals surface area contributed by atoms with Gasteiger partial charge in [0.2, 0.25) is 5.91 Å². The van der Waals surface area contributed by atoms with Crippen molar-refractivity contribution in [2.45, 2.75) is 44.5 Å². The summed E-state index contributed by atoms with van der Waals surface area (Å²) < 4.78 is 18.3. The molecular formula is C20H28N2O4. The van der Waals surface area contributed by atoms with Gasteiger partial charge in [0.25, 0.3) is 0 Å². The minimum absolute atomic E-state index is 0.0450. The first kappa shape index (κ1) is 17.6. The number of piperidine rings is 1. The molecule has 0 radical (unpaired) electrons. The van der Waals surface area contributed by atoms with Gasteiger partial charge in [-0.15, -0.1) is 0 Å². The summed E-state index contributed by atoms with van der Waals surface area (Å²) >= 11 is 0. The van der Waals surface area contributed by atoms with Crippen LogP contribution in [-0.2, 0) is 9.53 Å². The molecule has 4 rings (SSSR count). The Hall–Kier alpha value is -1.79. The Morgan fingerprint density at radius 2 is 2.23 bits per heavy atom. The molecule has 1 amide bonds. The van der Waals surface area contributed by atoms with E-state index < -0.39 is 0 Å². The Balaban J connectivity index is 1.59. The molecular weight excluding hydrogens is 332 g/mol. The minimum atomic E-state index is -0.318. The Morgan fingerprint density at radius 3 is 2.96 bits per heavy atom. The van der Waals surface area contributed by atoms with Gasteiger partial charge in [0.15, 0.2) is 0 Å². The summed E-state index contributed by atoms with van der Waals surface area (Å²) in [6.07, 6.45) is 2.24. The molecule has 3 aliphatic rings. The van der Waals surface area contributed by atoms with Crippen LogP contribution in [0.15, 0.2) is 18.2 Å². The van der Waals surface area contributed by atoms with Crippen molar-refractivity contribution < 1.29 is 19.0 Å². The molecule has 0 aliphatic carbocycles. The molecule has 0 saturated carbocycles. The van der Waals surface area contributed by atoms with Gasteiger partial charge in [0.1, 0.15) is 17.1 Å². The summed E-state index contributed by atoms with van der Waals surface area (Å²) in [5.41, 5.74) is 6.18. The zero-order valence-electron chi connectivity index (χ0n) is 15.7. The van der Waals surface area contributed by atoms with Gasteiger partial charge in [0.05, 0.1) is 25.9 Å². The van der Waals surface area contributed by atoms with Crippen LogP contribution in [0.1, 0.15) is 38.4 Å². The average Bonchev–Trinajstić information content (AvgIpc) is 2.59. The van der Waals surface area contributed by atoms with Crippen LogP contribution in [0.3, 0.4) is 0 Å². The first-order valence-electron chi connectivity index (χ1n) is 9.40. The molecule has 0 unspecified atom stereocenters.